The fourth-order valence-electron chi connectivity index (χ4n) is 1.05. The van der Waals surface area contributed by atoms with Gasteiger partial charge in [-0.2, -0.15) is 0 Å². The molecule has 0 N–H and O–H groups in total. The first-order valence-electron chi connectivity index (χ1n) is 4.38. The minimum Gasteiger partial charge on any atom is -0.377 e. The molecular formula is C10H10ClFO3S. The van der Waals surface area contributed by atoms with Gasteiger partial charge in [0.15, 0.2) is 5.78 Å². The number of carbonyl (C=O) groups excluding carboxylic acids is 1. The van der Waals surface area contributed by atoms with Gasteiger partial charge < -0.3 is 4.74 Å². The van der Waals surface area contributed by atoms with Gasteiger partial charge in [0.2, 0.25) is 0 Å². The van der Waals surface area contributed by atoms with Gasteiger partial charge in [-0.25, -0.2) is 4.39 Å². The first kappa shape index (κ1) is 13.3. The number of hydrogen-bond acceptors (Lipinski definition) is 3. The molecular weight excluding hydrogens is 255 g/mol. The zero-order chi connectivity index (χ0) is 12.1. The summed E-state index contributed by atoms with van der Waals surface area (Å²) in [4.78, 5) is 11.5. The third-order valence-electron chi connectivity index (χ3n) is 1.75. The van der Waals surface area contributed by atoms with Crippen molar-refractivity contribution in [1.29, 1.82) is 0 Å². The molecule has 1 aromatic carbocycles. The molecule has 1 atom stereocenters. The summed E-state index contributed by atoms with van der Waals surface area (Å²) in [6, 6.07) is 3.72. The number of hydrogen-bond donors (Lipinski definition) is 0. The molecule has 16 heavy (non-hydrogen) atoms. The van der Waals surface area contributed by atoms with Gasteiger partial charge in [-0.15, -0.1) is 0 Å². The van der Waals surface area contributed by atoms with E-state index in [4.69, 9.17) is 11.6 Å². The highest BCUT2D eigenvalue weighted by atomic mass is 35.5. The molecule has 0 saturated carbocycles. The summed E-state index contributed by atoms with van der Waals surface area (Å²) >= 11 is 5.54. The summed E-state index contributed by atoms with van der Waals surface area (Å²) in [5, 5.41) is -0.106. The minimum absolute atomic E-state index is 0.0827. The van der Waals surface area contributed by atoms with Gasteiger partial charge in [0, 0.05) is 12.0 Å². The van der Waals surface area contributed by atoms with Crippen molar-refractivity contribution in [3.05, 3.63) is 29.0 Å². The lowest BCUT2D eigenvalue weighted by Gasteiger charge is -2.02. The van der Waals surface area contributed by atoms with Crippen LogP contribution in [0, 0.1) is 5.82 Å². The van der Waals surface area contributed by atoms with Crippen molar-refractivity contribution in [2.45, 2.75) is 4.90 Å². The third-order valence-corrected chi connectivity index (χ3v) is 3.40. The highest BCUT2D eigenvalue weighted by Gasteiger charge is 2.11. The van der Waals surface area contributed by atoms with E-state index in [0.29, 0.717) is 4.90 Å². The second kappa shape index (κ2) is 6.08. The highest BCUT2D eigenvalue weighted by Crippen LogP contribution is 2.18. The van der Waals surface area contributed by atoms with Crippen LogP contribution >= 0.6 is 11.6 Å². The van der Waals surface area contributed by atoms with Crippen LogP contribution in [0.3, 0.4) is 0 Å². The Hall–Kier alpha value is -0.780. The van der Waals surface area contributed by atoms with E-state index in [-0.39, 0.29) is 23.2 Å². The van der Waals surface area contributed by atoms with Crippen LogP contribution in [0.25, 0.3) is 0 Å². The standard InChI is InChI=1S/C10H10ClFO3S/c1-15-5-7(13)6-16(14)8-2-3-10(12)9(11)4-8/h2-4H,5-6H2,1H3. The monoisotopic (exact) mass is 264 g/mol. The van der Waals surface area contributed by atoms with Gasteiger partial charge in [-0.3, -0.25) is 9.00 Å². The Morgan fingerprint density at radius 3 is 2.81 bits per heavy atom. The summed E-state index contributed by atoms with van der Waals surface area (Å²) in [6.07, 6.45) is 0. The molecule has 1 rings (SSSR count). The molecule has 0 spiro atoms. The maximum Gasteiger partial charge on any atom is 0.171 e. The van der Waals surface area contributed by atoms with Crippen molar-refractivity contribution in [2.75, 3.05) is 19.5 Å². The lowest BCUT2D eigenvalue weighted by Crippen LogP contribution is -2.15. The summed E-state index contributed by atoms with van der Waals surface area (Å²) in [7, 11) is -0.130. The van der Waals surface area contributed by atoms with Crippen molar-refractivity contribution in [3.8, 4) is 0 Å². The minimum atomic E-state index is -1.51. The topological polar surface area (TPSA) is 43.4 Å². The van der Waals surface area contributed by atoms with Crippen molar-refractivity contribution in [3.63, 3.8) is 0 Å². The molecule has 0 aliphatic carbocycles. The first-order valence-corrected chi connectivity index (χ1v) is 6.08. The van der Waals surface area contributed by atoms with Crippen LogP contribution in [-0.2, 0) is 20.3 Å². The van der Waals surface area contributed by atoms with Gasteiger partial charge in [0.25, 0.3) is 0 Å². The number of Topliss-reactive ketones (excluding diaryl/α,β-unsaturated/α-hetero) is 1. The molecule has 6 heteroatoms. The van der Waals surface area contributed by atoms with Crippen LogP contribution in [0.15, 0.2) is 23.1 Å². The molecule has 0 aliphatic heterocycles. The van der Waals surface area contributed by atoms with Gasteiger partial charge in [0.05, 0.1) is 21.6 Å². The zero-order valence-electron chi connectivity index (χ0n) is 8.54. The fourth-order valence-corrected chi connectivity index (χ4v) is 2.31. The molecule has 0 bridgehead atoms. The van der Waals surface area contributed by atoms with Crippen LogP contribution in [0.2, 0.25) is 5.02 Å². The van der Waals surface area contributed by atoms with Crippen molar-refractivity contribution < 1.29 is 18.1 Å². The van der Waals surface area contributed by atoms with E-state index in [1.165, 1.54) is 19.2 Å². The van der Waals surface area contributed by atoms with E-state index in [1.54, 1.807) is 0 Å². The molecule has 0 aliphatic rings. The number of halogens is 2. The Balaban J connectivity index is 2.73. The molecule has 3 nitrogen and oxygen atoms in total. The van der Waals surface area contributed by atoms with Gasteiger partial charge >= 0.3 is 0 Å². The summed E-state index contributed by atoms with van der Waals surface area (Å²) in [6.45, 7) is -0.0827. The molecule has 0 radical (unpaired) electrons. The van der Waals surface area contributed by atoms with E-state index < -0.39 is 16.6 Å². The lowest BCUT2D eigenvalue weighted by atomic mass is 10.3. The van der Waals surface area contributed by atoms with Crippen LogP contribution < -0.4 is 0 Å². The average molecular weight is 265 g/mol. The molecule has 0 saturated heterocycles. The van der Waals surface area contributed by atoms with E-state index in [9.17, 15) is 13.4 Å². The lowest BCUT2D eigenvalue weighted by molar-refractivity contribution is -0.120. The van der Waals surface area contributed by atoms with Crippen molar-refractivity contribution >= 4 is 28.2 Å². The average Bonchev–Trinajstić information content (AvgIpc) is 2.22. The number of ether oxygens (including phenoxy) is 1. The van der Waals surface area contributed by atoms with Crippen LogP contribution in [-0.4, -0.2) is 29.5 Å². The fraction of sp³-hybridized carbons (Fsp3) is 0.300. The Morgan fingerprint density at radius 2 is 2.25 bits per heavy atom. The second-order valence-corrected chi connectivity index (χ2v) is 4.90. The largest absolute Gasteiger partial charge is 0.377 e. The van der Waals surface area contributed by atoms with Crippen molar-refractivity contribution in [2.24, 2.45) is 0 Å². The maximum atomic E-state index is 12.8. The van der Waals surface area contributed by atoms with Gasteiger partial charge in [-0.05, 0) is 18.2 Å². The molecule has 0 heterocycles. The zero-order valence-corrected chi connectivity index (χ0v) is 10.1. The summed E-state index contributed by atoms with van der Waals surface area (Å²) in [5.74, 6) is -1.01. The Labute approximate surface area is 100 Å². The van der Waals surface area contributed by atoms with Crippen molar-refractivity contribution in [1.82, 2.24) is 0 Å². The van der Waals surface area contributed by atoms with E-state index >= 15 is 0 Å². The number of rotatable bonds is 5. The maximum absolute atomic E-state index is 12.8. The molecule has 0 fully saturated rings. The number of benzene rings is 1. The molecule has 0 aromatic heterocycles. The smallest absolute Gasteiger partial charge is 0.171 e. The first-order chi connectivity index (χ1) is 7.54. The predicted molar refractivity (Wildman–Crippen MR) is 59.6 cm³/mol. The Morgan fingerprint density at radius 1 is 1.56 bits per heavy atom. The third kappa shape index (κ3) is 3.66. The predicted octanol–water partition coefficient (Wildman–Crippen LogP) is 1.80. The van der Waals surface area contributed by atoms with E-state index in [1.807, 2.05) is 0 Å². The summed E-state index contributed by atoms with van der Waals surface area (Å²) in [5.41, 5.74) is 0. The Kier molecular flexibility index (Phi) is 5.05. The number of ketones is 1. The quantitative estimate of drug-likeness (QED) is 0.815. The van der Waals surface area contributed by atoms with Crippen LogP contribution in [0.4, 0.5) is 4.39 Å². The van der Waals surface area contributed by atoms with E-state index in [2.05, 4.69) is 4.74 Å². The highest BCUT2D eigenvalue weighted by molar-refractivity contribution is 7.85. The van der Waals surface area contributed by atoms with Gasteiger partial charge in [-0.1, -0.05) is 11.6 Å². The molecule has 88 valence electrons. The number of methoxy groups -OCH3 is 1. The Bertz CT molecular complexity index is 423. The number of carbonyl (C=O) groups is 1. The van der Waals surface area contributed by atoms with Crippen LogP contribution in [0.1, 0.15) is 0 Å². The normalized spacial score (nSPS) is 12.4. The van der Waals surface area contributed by atoms with E-state index in [0.717, 1.165) is 6.07 Å². The van der Waals surface area contributed by atoms with Crippen LogP contribution in [0.5, 0.6) is 0 Å². The SMILES string of the molecule is COCC(=O)CS(=O)c1ccc(F)c(Cl)c1. The molecule has 1 aromatic rings. The molecule has 1 unspecified atom stereocenters. The second-order valence-electron chi connectivity index (χ2n) is 3.04. The molecule has 0 amide bonds. The summed E-state index contributed by atoms with van der Waals surface area (Å²) < 4.78 is 29.1. The van der Waals surface area contributed by atoms with Gasteiger partial charge in [0.1, 0.15) is 12.4 Å².